The Bertz CT molecular complexity index is 785. The van der Waals surface area contributed by atoms with E-state index in [1.807, 2.05) is 25.1 Å². The van der Waals surface area contributed by atoms with Gasteiger partial charge in [-0.15, -0.1) is 0 Å². The second kappa shape index (κ2) is 10.3. The lowest BCUT2D eigenvalue weighted by atomic mass is 9.96. The number of nitrogens with one attached hydrogen (secondary N) is 2. The second-order valence-electron chi connectivity index (χ2n) is 7.84. The zero-order valence-electron chi connectivity index (χ0n) is 17.6. The number of hydrogen-bond donors (Lipinski definition) is 2. The van der Waals surface area contributed by atoms with Gasteiger partial charge >= 0.3 is 0 Å². The zero-order chi connectivity index (χ0) is 20.7. The summed E-state index contributed by atoms with van der Waals surface area (Å²) in [6, 6.07) is 8.34. The van der Waals surface area contributed by atoms with E-state index >= 15 is 0 Å². The number of para-hydroxylation sites is 1. The molecule has 0 aromatic heterocycles. The standard InChI is InChI=1S/C21H34N4O3S/c1-3-15-29(26,27)25-13-11-18(12-14-25)24-21(22-2)23-16-17-7-4-5-10-20(17)28-19-8-6-9-19/h4-5,7,10,18-19H,3,6,8-9,11-16H2,1-2H3,(H2,22,23,24). The van der Waals surface area contributed by atoms with Crippen molar-refractivity contribution < 1.29 is 13.2 Å². The molecule has 1 aliphatic carbocycles. The molecule has 1 aromatic carbocycles. The largest absolute Gasteiger partial charge is 0.490 e. The number of nitrogens with zero attached hydrogens (tertiary/aromatic N) is 2. The van der Waals surface area contributed by atoms with E-state index in [1.165, 1.54) is 6.42 Å². The third-order valence-corrected chi connectivity index (χ3v) is 7.71. The van der Waals surface area contributed by atoms with Crippen LogP contribution in [0.15, 0.2) is 29.3 Å². The Hall–Kier alpha value is -1.80. The van der Waals surface area contributed by atoms with Crippen LogP contribution in [0, 0.1) is 0 Å². The van der Waals surface area contributed by atoms with E-state index in [0.717, 1.165) is 43.0 Å². The number of guanidine groups is 1. The number of sulfonamides is 1. The van der Waals surface area contributed by atoms with Gasteiger partial charge in [-0.05, 0) is 44.6 Å². The van der Waals surface area contributed by atoms with E-state index in [0.29, 0.717) is 32.2 Å². The lowest BCUT2D eigenvalue weighted by Gasteiger charge is -2.32. The van der Waals surface area contributed by atoms with Crippen LogP contribution in [0.5, 0.6) is 5.75 Å². The summed E-state index contributed by atoms with van der Waals surface area (Å²) in [6.07, 6.45) is 6.09. The highest BCUT2D eigenvalue weighted by Gasteiger charge is 2.27. The smallest absolute Gasteiger partial charge is 0.214 e. The van der Waals surface area contributed by atoms with Gasteiger partial charge in [0.15, 0.2) is 5.96 Å². The molecule has 1 saturated heterocycles. The van der Waals surface area contributed by atoms with Gasteiger partial charge in [0.2, 0.25) is 10.0 Å². The Morgan fingerprint density at radius 3 is 2.55 bits per heavy atom. The Balaban J connectivity index is 1.48. The summed E-state index contributed by atoms with van der Waals surface area (Å²) >= 11 is 0. The molecule has 1 aromatic rings. The van der Waals surface area contributed by atoms with Crippen molar-refractivity contribution in [2.75, 3.05) is 25.9 Å². The van der Waals surface area contributed by atoms with Crippen LogP contribution >= 0.6 is 0 Å². The second-order valence-corrected chi connectivity index (χ2v) is 9.93. The molecule has 1 saturated carbocycles. The van der Waals surface area contributed by atoms with Crippen LogP contribution in [0.25, 0.3) is 0 Å². The highest BCUT2D eigenvalue weighted by atomic mass is 32.2. The minimum atomic E-state index is -3.10. The third-order valence-electron chi connectivity index (χ3n) is 5.64. The number of ether oxygens (including phenoxy) is 1. The average Bonchev–Trinajstić information content (AvgIpc) is 2.69. The lowest BCUT2D eigenvalue weighted by molar-refractivity contribution is 0.119. The molecule has 29 heavy (non-hydrogen) atoms. The first kappa shape index (κ1) is 21.9. The first-order valence-corrected chi connectivity index (χ1v) is 12.3. The highest BCUT2D eigenvalue weighted by molar-refractivity contribution is 7.89. The molecule has 7 nitrogen and oxygen atoms in total. The van der Waals surface area contributed by atoms with Crippen molar-refractivity contribution in [3.05, 3.63) is 29.8 Å². The number of piperidine rings is 1. The third kappa shape index (κ3) is 6.09. The summed E-state index contributed by atoms with van der Waals surface area (Å²) in [4.78, 5) is 4.33. The predicted molar refractivity (Wildman–Crippen MR) is 117 cm³/mol. The van der Waals surface area contributed by atoms with Crippen LogP contribution in [0.4, 0.5) is 0 Å². The molecule has 2 aliphatic rings. The Labute approximate surface area is 175 Å². The van der Waals surface area contributed by atoms with Crippen LogP contribution in [-0.2, 0) is 16.6 Å². The Kier molecular flexibility index (Phi) is 7.77. The van der Waals surface area contributed by atoms with Gasteiger partial charge in [0.05, 0.1) is 11.9 Å². The molecule has 0 radical (unpaired) electrons. The first-order valence-electron chi connectivity index (χ1n) is 10.7. The number of benzene rings is 1. The summed E-state index contributed by atoms with van der Waals surface area (Å²) in [7, 11) is -1.35. The fraction of sp³-hybridized carbons (Fsp3) is 0.667. The van der Waals surface area contributed by atoms with Crippen LogP contribution in [-0.4, -0.2) is 56.7 Å². The summed E-state index contributed by atoms with van der Waals surface area (Å²) in [5.74, 6) is 1.91. The van der Waals surface area contributed by atoms with E-state index in [2.05, 4.69) is 21.7 Å². The summed E-state index contributed by atoms with van der Waals surface area (Å²) < 4.78 is 32.2. The van der Waals surface area contributed by atoms with Gasteiger partial charge in [-0.1, -0.05) is 25.1 Å². The van der Waals surface area contributed by atoms with Gasteiger partial charge in [-0.2, -0.15) is 0 Å². The van der Waals surface area contributed by atoms with Crippen molar-refractivity contribution in [1.82, 2.24) is 14.9 Å². The minimum absolute atomic E-state index is 0.218. The van der Waals surface area contributed by atoms with E-state index in [-0.39, 0.29) is 11.8 Å². The fourth-order valence-corrected chi connectivity index (χ4v) is 5.21. The molecule has 0 bridgehead atoms. The Morgan fingerprint density at radius 2 is 1.93 bits per heavy atom. The van der Waals surface area contributed by atoms with Gasteiger partial charge in [-0.25, -0.2) is 12.7 Å². The number of hydrogen-bond acceptors (Lipinski definition) is 4. The normalized spacial score (nSPS) is 19.6. The molecule has 0 amide bonds. The predicted octanol–water partition coefficient (Wildman–Crippen LogP) is 2.49. The zero-order valence-corrected chi connectivity index (χ0v) is 18.4. The fourth-order valence-electron chi connectivity index (χ4n) is 3.67. The molecule has 162 valence electrons. The van der Waals surface area contributed by atoms with Crippen LogP contribution < -0.4 is 15.4 Å². The maximum absolute atomic E-state index is 12.2. The van der Waals surface area contributed by atoms with Crippen LogP contribution in [0.1, 0.15) is 51.0 Å². The Morgan fingerprint density at radius 1 is 1.21 bits per heavy atom. The van der Waals surface area contributed by atoms with Crippen molar-refractivity contribution in [2.24, 2.45) is 4.99 Å². The van der Waals surface area contributed by atoms with Gasteiger partial charge < -0.3 is 15.4 Å². The highest BCUT2D eigenvalue weighted by Crippen LogP contribution is 2.27. The van der Waals surface area contributed by atoms with Crippen LogP contribution in [0.2, 0.25) is 0 Å². The first-order chi connectivity index (χ1) is 14.0. The monoisotopic (exact) mass is 422 g/mol. The molecule has 0 atom stereocenters. The van der Waals surface area contributed by atoms with E-state index in [9.17, 15) is 8.42 Å². The van der Waals surface area contributed by atoms with Gasteiger partial charge in [0.25, 0.3) is 0 Å². The van der Waals surface area contributed by atoms with Crippen molar-refractivity contribution in [3.8, 4) is 5.75 Å². The molecule has 8 heteroatoms. The van der Waals surface area contributed by atoms with Gasteiger partial charge in [-0.3, -0.25) is 4.99 Å². The average molecular weight is 423 g/mol. The lowest BCUT2D eigenvalue weighted by Crippen LogP contribution is -2.49. The molecule has 0 unspecified atom stereocenters. The molecule has 1 aliphatic heterocycles. The summed E-state index contributed by atoms with van der Waals surface area (Å²) in [5.41, 5.74) is 1.11. The molecule has 1 heterocycles. The quantitative estimate of drug-likeness (QED) is 0.497. The molecule has 2 N–H and O–H groups in total. The topological polar surface area (TPSA) is 83.0 Å². The molecular formula is C21H34N4O3S. The molecule has 2 fully saturated rings. The van der Waals surface area contributed by atoms with Crippen LogP contribution in [0.3, 0.4) is 0 Å². The van der Waals surface area contributed by atoms with E-state index < -0.39 is 10.0 Å². The maximum atomic E-state index is 12.2. The number of rotatable bonds is 8. The van der Waals surface area contributed by atoms with Gasteiger partial charge in [0, 0.05) is 38.3 Å². The van der Waals surface area contributed by atoms with Gasteiger partial charge in [0.1, 0.15) is 5.75 Å². The summed E-state index contributed by atoms with van der Waals surface area (Å²) in [5, 5.41) is 6.81. The minimum Gasteiger partial charge on any atom is -0.490 e. The van der Waals surface area contributed by atoms with Crippen molar-refractivity contribution in [3.63, 3.8) is 0 Å². The number of aliphatic imine (C=N–C) groups is 1. The summed E-state index contributed by atoms with van der Waals surface area (Å²) in [6.45, 7) is 3.66. The van der Waals surface area contributed by atoms with E-state index in [4.69, 9.17) is 4.74 Å². The maximum Gasteiger partial charge on any atom is 0.214 e. The molecule has 3 rings (SSSR count). The van der Waals surface area contributed by atoms with Crippen molar-refractivity contribution in [2.45, 2.75) is 64.1 Å². The van der Waals surface area contributed by atoms with Crippen molar-refractivity contribution >= 4 is 16.0 Å². The van der Waals surface area contributed by atoms with Crippen molar-refractivity contribution in [1.29, 1.82) is 0 Å². The SMILES string of the molecule is CCCS(=O)(=O)N1CCC(NC(=NC)NCc2ccccc2OC2CCC2)CC1. The molecule has 0 spiro atoms. The van der Waals surface area contributed by atoms with E-state index in [1.54, 1.807) is 11.4 Å². The molecular weight excluding hydrogens is 388 g/mol.